The summed E-state index contributed by atoms with van der Waals surface area (Å²) in [5.41, 5.74) is 8.41. The number of furan rings is 1. The molecular formula is C33H20INO. The Balaban J connectivity index is 1.26. The smallest absolute Gasteiger partial charge is 0.144 e. The van der Waals surface area contributed by atoms with E-state index in [2.05, 4.69) is 120 Å². The van der Waals surface area contributed by atoms with Gasteiger partial charge in [-0.1, -0.05) is 72.8 Å². The molecule has 0 saturated carbocycles. The standard InChI is InChI=1S/C33H20INO/c34-27-15-12-21(13-16-27)23-10-8-22-9-11-24(19-26(22)18-23)25-14-17-31(35-20-25)30-6-3-5-29-28-4-1-2-7-32(28)36-33(29)30/h1-20H. The van der Waals surface area contributed by atoms with Gasteiger partial charge in [0.2, 0.25) is 0 Å². The molecule has 2 aromatic heterocycles. The maximum Gasteiger partial charge on any atom is 0.144 e. The second kappa shape index (κ2) is 8.61. The first-order valence-electron chi connectivity index (χ1n) is 11.9. The molecule has 2 nitrogen and oxygen atoms in total. The van der Waals surface area contributed by atoms with Gasteiger partial charge in [0.15, 0.2) is 0 Å². The molecule has 7 rings (SSSR count). The molecule has 0 unspecified atom stereocenters. The van der Waals surface area contributed by atoms with Gasteiger partial charge in [0, 0.05) is 31.7 Å². The van der Waals surface area contributed by atoms with Crippen LogP contribution in [0.4, 0.5) is 0 Å². The number of halogens is 1. The number of nitrogens with zero attached hydrogens (tertiary/aromatic N) is 1. The summed E-state index contributed by atoms with van der Waals surface area (Å²) in [5, 5.41) is 4.70. The van der Waals surface area contributed by atoms with Gasteiger partial charge in [-0.15, -0.1) is 0 Å². The summed E-state index contributed by atoms with van der Waals surface area (Å²) < 4.78 is 7.46. The first-order chi connectivity index (χ1) is 17.7. The zero-order chi connectivity index (χ0) is 24.1. The quantitative estimate of drug-likeness (QED) is 0.197. The van der Waals surface area contributed by atoms with Gasteiger partial charge in [-0.05, 0) is 92.5 Å². The predicted molar refractivity (Wildman–Crippen MR) is 158 cm³/mol. The van der Waals surface area contributed by atoms with Gasteiger partial charge >= 0.3 is 0 Å². The SMILES string of the molecule is Ic1ccc(-c2ccc3ccc(-c4ccc(-c5cccc6c5oc5ccccc56)nc4)cc3c2)cc1. The van der Waals surface area contributed by atoms with Crippen molar-refractivity contribution in [2.75, 3.05) is 0 Å². The van der Waals surface area contributed by atoms with E-state index in [0.29, 0.717) is 0 Å². The summed E-state index contributed by atoms with van der Waals surface area (Å²) in [6, 6.07) is 40.6. The number of para-hydroxylation sites is 2. The fourth-order valence-corrected chi connectivity index (χ4v) is 5.28. The molecule has 0 atom stereocenters. The third-order valence-electron chi connectivity index (χ3n) is 6.79. The third-order valence-corrected chi connectivity index (χ3v) is 7.51. The third kappa shape index (κ3) is 3.67. The van der Waals surface area contributed by atoms with Crippen molar-refractivity contribution in [3.8, 4) is 33.5 Å². The van der Waals surface area contributed by atoms with Crippen molar-refractivity contribution < 1.29 is 4.42 Å². The van der Waals surface area contributed by atoms with Crippen molar-refractivity contribution in [1.82, 2.24) is 4.98 Å². The van der Waals surface area contributed by atoms with E-state index in [1.54, 1.807) is 0 Å². The molecule has 36 heavy (non-hydrogen) atoms. The number of hydrogen-bond acceptors (Lipinski definition) is 2. The van der Waals surface area contributed by atoms with E-state index >= 15 is 0 Å². The van der Waals surface area contributed by atoms with E-state index in [1.807, 2.05) is 24.4 Å². The fraction of sp³-hybridized carbons (Fsp3) is 0. The fourth-order valence-electron chi connectivity index (χ4n) is 4.92. The molecule has 0 saturated heterocycles. The van der Waals surface area contributed by atoms with E-state index in [1.165, 1.54) is 25.5 Å². The number of benzene rings is 5. The summed E-state index contributed by atoms with van der Waals surface area (Å²) in [4.78, 5) is 4.84. The maximum atomic E-state index is 6.21. The molecule has 0 bridgehead atoms. The minimum absolute atomic E-state index is 0.882. The van der Waals surface area contributed by atoms with Crippen molar-refractivity contribution in [3.63, 3.8) is 0 Å². The maximum absolute atomic E-state index is 6.21. The van der Waals surface area contributed by atoms with Gasteiger partial charge in [-0.25, -0.2) is 0 Å². The Kier molecular flexibility index (Phi) is 5.10. The average molecular weight is 573 g/mol. The number of rotatable bonds is 3. The van der Waals surface area contributed by atoms with E-state index in [0.717, 1.165) is 44.3 Å². The van der Waals surface area contributed by atoms with Crippen LogP contribution in [-0.2, 0) is 0 Å². The lowest BCUT2D eigenvalue weighted by atomic mass is 9.98. The number of pyridine rings is 1. The molecule has 0 N–H and O–H groups in total. The second-order valence-electron chi connectivity index (χ2n) is 9.00. The zero-order valence-electron chi connectivity index (χ0n) is 19.3. The van der Waals surface area contributed by atoms with Gasteiger partial charge in [0.05, 0.1) is 5.69 Å². The van der Waals surface area contributed by atoms with Gasteiger partial charge < -0.3 is 4.42 Å². The topological polar surface area (TPSA) is 26.0 Å². The lowest BCUT2D eigenvalue weighted by Gasteiger charge is -2.08. The van der Waals surface area contributed by atoms with Crippen LogP contribution in [0.25, 0.3) is 66.2 Å². The Bertz CT molecular complexity index is 1880. The molecule has 0 aliphatic carbocycles. The molecule has 0 fully saturated rings. The van der Waals surface area contributed by atoms with E-state index in [-0.39, 0.29) is 0 Å². The van der Waals surface area contributed by atoms with E-state index < -0.39 is 0 Å². The Hall–Kier alpha value is -3.96. The normalized spacial score (nSPS) is 11.5. The molecule has 0 aliphatic heterocycles. The van der Waals surface area contributed by atoms with Crippen LogP contribution in [0.15, 0.2) is 126 Å². The Morgan fingerprint density at radius 1 is 0.556 bits per heavy atom. The predicted octanol–water partition coefficient (Wildman–Crippen LogP) is 9.74. The number of hydrogen-bond donors (Lipinski definition) is 0. The molecule has 170 valence electrons. The molecule has 0 amide bonds. The number of aromatic nitrogens is 1. The van der Waals surface area contributed by atoms with Crippen LogP contribution in [0.2, 0.25) is 0 Å². The second-order valence-corrected chi connectivity index (χ2v) is 10.2. The first-order valence-corrected chi connectivity index (χ1v) is 13.0. The van der Waals surface area contributed by atoms with E-state index in [4.69, 9.17) is 9.40 Å². The molecule has 0 spiro atoms. The van der Waals surface area contributed by atoms with Crippen molar-refractivity contribution in [3.05, 3.63) is 125 Å². The van der Waals surface area contributed by atoms with Crippen LogP contribution >= 0.6 is 22.6 Å². The van der Waals surface area contributed by atoms with E-state index in [9.17, 15) is 0 Å². The van der Waals surface area contributed by atoms with Crippen LogP contribution in [0.5, 0.6) is 0 Å². The van der Waals surface area contributed by atoms with Crippen LogP contribution in [0.3, 0.4) is 0 Å². The molecule has 3 heteroatoms. The lowest BCUT2D eigenvalue weighted by Crippen LogP contribution is -1.86. The van der Waals surface area contributed by atoms with Gasteiger partial charge in [0.1, 0.15) is 11.2 Å². The molecule has 2 heterocycles. The Morgan fingerprint density at radius 2 is 1.25 bits per heavy atom. The highest BCUT2D eigenvalue weighted by Gasteiger charge is 2.13. The van der Waals surface area contributed by atoms with Crippen molar-refractivity contribution >= 4 is 55.3 Å². The van der Waals surface area contributed by atoms with Crippen LogP contribution in [0.1, 0.15) is 0 Å². The molecule has 5 aromatic carbocycles. The monoisotopic (exact) mass is 573 g/mol. The molecule has 0 radical (unpaired) electrons. The lowest BCUT2D eigenvalue weighted by molar-refractivity contribution is 0.670. The highest BCUT2D eigenvalue weighted by Crippen LogP contribution is 2.36. The summed E-state index contributed by atoms with van der Waals surface area (Å²) >= 11 is 2.34. The summed E-state index contributed by atoms with van der Waals surface area (Å²) in [7, 11) is 0. The highest BCUT2D eigenvalue weighted by molar-refractivity contribution is 14.1. The van der Waals surface area contributed by atoms with Crippen molar-refractivity contribution in [2.45, 2.75) is 0 Å². The van der Waals surface area contributed by atoms with Gasteiger partial charge in [-0.3, -0.25) is 4.98 Å². The summed E-state index contributed by atoms with van der Waals surface area (Å²) in [6.07, 6.45) is 1.96. The highest BCUT2D eigenvalue weighted by atomic mass is 127. The summed E-state index contributed by atoms with van der Waals surface area (Å²) in [6.45, 7) is 0. The Morgan fingerprint density at radius 3 is 2.03 bits per heavy atom. The molecule has 7 aromatic rings. The molecular weight excluding hydrogens is 553 g/mol. The molecule has 0 aliphatic rings. The first kappa shape index (κ1) is 21.3. The zero-order valence-corrected chi connectivity index (χ0v) is 21.4. The average Bonchev–Trinajstić information content (AvgIpc) is 3.32. The van der Waals surface area contributed by atoms with Crippen molar-refractivity contribution in [1.29, 1.82) is 0 Å². The van der Waals surface area contributed by atoms with Gasteiger partial charge in [0.25, 0.3) is 0 Å². The largest absolute Gasteiger partial charge is 0.455 e. The minimum Gasteiger partial charge on any atom is -0.455 e. The number of fused-ring (bicyclic) bond motifs is 4. The van der Waals surface area contributed by atoms with Crippen LogP contribution in [0, 0.1) is 3.57 Å². The Labute approximate surface area is 222 Å². The minimum atomic E-state index is 0.882. The van der Waals surface area contributed by atoms with Crippen LogP contribution < -0.4 is 0 Å². The summed E-state index contributed by atoms with van der Waals surface area (Å²) in [5.74, 6) is 0. The van der Waals surface area contributed by atoms with Gasteiger partial charge in [-0.2, -0.15) is 0 Å². The van der Waals surface area contributed by atoms with Crippen LogP contribution in [-0.4, -0.2) is 4.98 Å². The van der Waals surface area contributed by atoms with Crippen molar-refractivity contribution in [2.24, 2.45) is 0 Å².